The van der Waals surface area contributed by atoms with Gasteiger partial charge in [0.1, 0.15) is 5.82 Å². The largest absolute Gasteiger partial charge is 0.356 e. The number of fused-ring (bicyclic) bond motifs is 1. The Balaban J connectivity index is 1.68. The van der Waals surface area contributed by atoms with Gasteiger partial charge in [-0.1, -0.05) is 0 Å². The number of aromatic nitrogens is 2. The number of aryl methyl sites for hydroxylation is 1. The van der Waals surface area contributed by atoms with Crippen molar-refractivity contribution in [3.63, 3.8) is 0 Å². The van der Waals surface area contributed by atoms with Crippen LogP contribution in [0.2, 0.25) is 0 Å². The highest BCUT2D eigenvalue weighted by molar-refractivity contribution is 5.77. The van der Waals surface area contributed by atoms with Crippen molar-refractivity contribution in [2.45, 2.75) is 26.8 Å². The average molecular weight is 262 g/mol. The van der Waals surface area contributed by atoms with E-state index >= 15 is 0 Å². The van der Waals surface area contributed by atoms with E-state index < -0.39 is 0 Å². The maximum Gasteiger partial charge on any atom is 0.220 e. The van der Waals surface area contributed by atoms with Gasteiger partial charge in [0.05, 0.1) is 12.2 Å². The summed E-state index contributed by atoms with van der Waals surface area (Å²) in [5.41, 5.74) is 2.36. The highest BCUT2D eigenvalue weighted by atomic mass is 16.1. The second kappa shape index (κ2) is 4.63. The van der Waals surface area contributed by atoms with Gasteiger partial charge in [0, 0.05) is 38.8 Å². The molecule has 0 aliphatic carbocycles. The predicted octanol–water partition coefficient (Wildman–Crippen LogP) is 0.605. The molecule has 19 heavy (non-hydrogen) atoms. The van der Waals surface area contributed by atoms with Crippen molar-refractivity contribution in [2.24, 2.45) is 18.9 Å². The van der Waals surface area contributed by atoms with Crippen LogP contribution in [0, 0.1) is 25.7 Å². The molecule has 2 atom stereocenters. The van der Waals surface area contributed by atoms with Gasteiger partial charge < -0.3 is 9.88 Å². The predicted molar refractivity (Wildman–Crippen MR) is 72.6 cm³/mol. The third-order valence-corrected chi connectivity index (χ3v) is 4.74. The van der Waals surface area contributed by atoms with Crippen molar-refractivity contribution in [3.05, 3.63) is 17.2 Å². The molecular weight excluding hydrogens is 240 g/mol. The minimum absolute atomic E-state index is 0.215. The Morgan fingerprint density at radius 3 is 2.74 bits per heavy atom. The van der Waals surface area contributed by atoms with Gasteiger partial charge in [-0.2, -0.15) is 0 Å². The lowest BCUT2D eigenvalue weighted by molar-refractivity contribution is -0.124. The summed E-state index contributed by atoms with van der Waals surface area (Å²) in [6.45, 7) is 8.02. The first-order valence-electron chi connectivity index (χ1n) is 7.02. The Morgan fingerprint density at radius 1 is 1.32 bits per heavy atom. The Bertz CT molecular complexity index is 508. The molecule has 2 aliphatic rings. The normalized spacial score (nSPS) is 27.4. The smallest absolute Gasteiger partial charge is 0.220 e. The molecule has 0 saturated carbocycles. The van der Waals surface area contributed by atoms with Crippen LogP contribution in [0.15, 0.2) is 0 Å². The van der Waals surface area contributed by atoms with E-state index in [0.29, 0.717) is 18.3 Å². The molecule has 2 aliphatic heterocycles. The van der Waals surface area contributed by atoms with Gasteiger partial charge in [0.25, 0.3) is 0 Å². The fourth-order valence-corrected chi connectivity index (χ4v) is 3.31. The number of imidazole rings is 1. The molecule has 3 rings (SSSR count). The quantitative estimate of drug-likeness (QED) is 0.849. The van der Waals surface area contributed by atoms with Crippen LogP contribution in [0.25, 0.3) is 0 Å². The number of hydrogen-bond donors (Lipinski definition) is 1. The molecule has 5 nitrogen and oxygen atoms in total. The number of rotatable bonds is 2. The lowest BCUT2D eigenvalue weighted by atomic mass is 9.89. The van der Waals surface area contributed by atoms with E-state index in [4.69, 9.17) is 0 Å². The van der Waals surface area contributed by atoms with E-state index in [1.54, 1.807) is 0 Å². The Labute approximate surface area is 114 Å². The summed E-state index contributed by atoms with van der Waals surface area (Å²) in [6.07, 6.45) is 0.694. The van der Waals surface area contributed by atoms with Crippen molar-refractivity contribution in [2.75, 3.05) is 19.6 Å². The molecule has 1 aromatic rings. The van der Waals surface area contributed by atoms with Gasteiger partial charge in [-0.25, -0.2) is 4.98 Å². The number of piperidine rings is 1. The van der Waals surface area contributed by atoms with Crippen LogP contribution >= 0.6 is 0 Å². The molecule has 0 spiro atoms. The lowest BCUT2D eigenvalue weighted by Gasteiger charge is -2.23. The fourth-order valence-electron chi connectivity index (χ4n) is 3.31. The Morgan fingerprint density at radius 2 is 2.05 bits per heavy atom. The van der Waals surface area contributed by atoms with Gasteiger partial charge in [-0.15, -0.1) is 0 Å². The summed E-state index contributed by atoms with van der Waals surface area (Å²) < 4.78 is 2.18. The number of nitrogens with zero attached hydrogens (tertiary/aromatic N) is 3. The molecule has 0 radical (unpaired) electrons. The van der Waals surface area contributed by atoms with E-state index in [1.807, 2.05) is 0 Å². The van der Waals surface area contributed by atoms with Crippen LogP contribution in [0.4, 0.5) is 0 Å². The van der Waals surface area contributed by atoms with Gasteiger partial charge in [0.2, 0.25) is 5.91 Å². The number of amides is 1. The van der Waals surface area contributed by atoms with Crippen LogP contribution in [0.1, 0.15) is 23.6 Å². The highest BCUT2D eigenvalue weighted by Gasteiger charge is 2.37. The zero-order valence-corrected chi connectivity index (χ0v) is 11.9. The number of carbonyl (C=O) groups is 1. The molecular formula is C14H22N4O. The number of hydrogen-bond acceptors (Lipinski definition) is 3. The summed E-state index contributed by atoms with van der Waals surface area (Å²) in [6, 6.07) is 0. The van der Waals surface area contributed by atoms with Crippen LogP contribution in [0.5, 0.6) is 0 Å². The van der Waals surface area contributed by atoms with Crippen LogP contribution in [-0.2, 0) is 18.4 Å². The minimum Gasteiger partial charge on any atom is -0.356 e. The molecule has 1 N–H and O–H groups in total. The van der Waals surface area contributed by atoms with Crippen molar-refractivity contribution in [1.82, 2.24) is 19.8 Å². The molecule has 2 fully saturated rings. The first-order chi connectivity index (χ1) is 9.04. The molecule has 3 heterocycles. The Kier molecular flexibility index (Phi) is 3.09. The summed E-state index contributed by atoms with van der Waals surface area (Å²) >= 11 is 0. The van der Waals surface area contributed by atoms with Crippen molar-refractivity contribution in [1.29, 1.82) is 0 Å². The standard InChI is InChI=1S/C14H22N4O/c1-9-10(2)17(3)13(16-9)8-18-6-11-4-14(19)15-5-12(11)7-18/h11-12H,4-8H2,1-3H3,(H,15,19)/t11-,12+/m1/s1. The first-order valence-corrected chi connectivity index (χ1v) is 7.02. The second-order valence-corrected chi connectivity index (χ2v) is 5.98. The number of carbonyl (C=O) groups excluding carboxylic acids is 1. The van der Waals surface area contributed by atoms with E-state index in [0.717, 1.165) is 37.7 Å². The van der Waals surface area contributed by atoms with Crippen molar-refractivity contribution >= 4 is 5.91 Å². The SMILES string of the molecule is Cc1nc(CN2C[C@H]3CC(=O)NC[C@H]3C2)n(C)c1C. The maximum absolute atomic E-state index is 11.4. The summed E-state index contributed by atoms with van der Waals surface area (Å²) in [5, 5.41) is 2.98. The molecule has 0 aromatic carbocycles. The summed E-state index contributed by atoms with van der Waals surface area (Å²) in [4.78, 5) is 18.5. The Hall–Kier alpha value is -1.36. The van der Waals surface area contributed by atoms with Crippen molar-refractivity contribution < 1.29 is 4.79 Å². The summed E-state index contributed by atoms with van der Waals surface area (Å²) in [5.74, 6) is 2.51. The van der Waals surface area contributed by atoms with Crippen molar-refractivity contribution in [3.8, 4) is 0 Å². The van der Waals surface area contributed by atoms with Gasteiger partial charge in [-0.3, -0.25) is 9.69 Å². The van der Waals surface area contributed by atoms with Gasteiger partial charge >= 0.3 is 0 Å². The van der Waals surface area contributed by atoms with E-state index in [2.05, 4.69) is 40.7 Å². The molecule has 1 amide bonds. The van der Waals surface area contributed by atoms with Crippen LogP contribution < -0.4 is 5.32 Å². The lowest BCUT2D eigenvalue weighted by Crippen LogP contribution is -2.39. The fraction of sp³-hybridized carbons (Fsp3) is 0.714. The number of nitrogens with one attached hydrogen (secondary N) is 1. The molecule has 104 valence electrons. The third kappa shape index (κ3) is 2.27. The van der Waals surface area contributed by atoms with Gasteiger partial charge in [0.15, 0.2) is 0 Å². The highest BCUT2D eigenvalue weighted by Crippen LogP contribution is 2.29. The molecule has 0 bridgehead atoms. The third-order valence-electron chi connectivity index (χ3n) is 4.74. The number of likely N-dealkylation sites (tertiary alicyclic amines) is 1. The second-order valence-electron chi connectivity index (χ2n) is 5.98. The minimum atomic E-state index is 0.215. The maximum atomic E-state index is 11.4. The summed E-state index contributed by atoms with van der Waals surface area (Å²) in [7, 11) is 2.08. The van der Waals surface area contributed by atoms with E-state index in [9.17, 15) is 4.79 Å². The molecule has 2 saturated heterocycles. The van der Waals surface area contributed by atoms with Gasteiger partial charge in [-0.05, 0) is 25.7 Å². The molecule has 5 heteroatoms. The zero-order valence-electron chi connectivity index (χ0n) is 11.9. The average Bonchev–Trinajstić information content (AvgIpc) is 2.86. The first kappa shape index (κ1) is 12.7. The zero-order chi connectivity index (χ0) is 13.6. The topological polar surface area (TPSA) is 50.2 Å². The van der Waals surface area contributed by atoms with E-state index in [-0.39, 0.29) is 5.91 Å². The monoisotopic (exact) mass is 262 g/mol. The van der Waals surface area contributed by atoms with Crippen LogP contribution in [-0.4, -0.2) is 40.0 Å². The van der Waals surface area contributed by atoms with Crippen LogP contribution in [0.3, 0.4) is 0 Å². The molecule has 0 unspecified atom stereocenters. The van der Waals surface area contributed by atoms with E-state index in [1.165, 1.54) is 5.69 Å². The molecule has 1 aromatic heterocycles.